The van der Waals surface area contributed by atoms with Gasteiger partial charge in [-0.2, -0.15) is 4.39 Å². The zero-order chi connectivity index (χ0) is 14.1. The van der Waals surface area contributed by atoms with E-state index in [0.29, 0.717) is 11.4 Å². The number of ether oxygens (including phenoxy) is 1. The molecule has 0 saturated carbocycles. The summed E-state index contributed by atoms with van der Waals surface area (Å²) in [6.07, 6.45) is 0. The van der Waals surface area contributed by atoms with Crippen molar-refractivity contribution in [3.8, 4) is 17.1 Å². The van der Waals surface area contributed by atoms with E-state index in [-0.39, 0.29) is 12.4 Å². The predicted molar refractivity (Wildman–Crippen MR) is 72.6 cm³/mol. The second-order valence-corrected chi connectivity index (χ2v) is 4.31. The lowest BCUT2D eigenvalue weighted by molar-refractivity contribution is 0.314. The van der Waals surface area contributed by atoms with Crippen LogP contribution in [-0.2, 0) is 0 Å². The number of halogens is 2. The summed E-state index contributed by atoms with van der Waals surface area (Å²) in [6.45, 7) is 1.98. The fraction of sp³-hybridized carbons (Fsp3) is 0.133. The molecule has 0 fully saturated rings. The van der Waals surface area contributed by atoms with Crippen LogP contribution in [0.1, 0.15) is 6.92 Å². The number of nitrogens with one attached hydrogen (secondary N) is 1. The number of fused-ring (bicyclic) bond motifs is 1. The van der Waals surface area contributed by atoms with Crippen LogP contribution in [0.4, 0.5) is 8.78 Å². The van der Waals surface area contributed by atoms with Crippen molar-refractivity contribution >= 4 is 11.0 Å². The van der Waals surface area contributed by atoms with Crippen LogP contribution in [0.3, 0.4) is 0 Å². The van der Waals surface area contributed by atoms with E-state index in [1.54, 1.807) is 6.92 Å². The predicted octanol–water partition coefficient (Wildman–Crippen LogP) is 3.91. The Morgan fingerprint density at radius 3 is 2.75 bits per heavy atom. The maximum Gasteiger partial charge on any atom is 0.200 e. The quantitative estimate of drug-likeness (QED) is 0.786. The van der Waals surface area contributed by atoms with Crippen LogP contribution in [0.25, 0.3) is 22.4 Å². The fourth-order valence-electron chi connectivity index (χ4n) is 2.05. The van der Waals surface area contributed by atoms with Crippen molar-refractivity contribution in [1.82, 2.24) is 9.97 Å². The Hall–Kier alpha value is -2.43. The zero-order valence-corrected chi connectivity index (χ0v) is 10.8. The van der Waals surface area contributed by atoms with Crippen molar-refractivity contribution in [2.45, 2.75) is 6.92 Å². The molecule has 1 heterocycles. The van der Waals surface area contributed by atoms with E-state index in [1.807, 2.05) is 24.3 Å². The van der Waals surface area contributed by atoms with Crippen molar-refractivity contribution in [2.24, 2.45) is 0 Å². The first-order valence-corrected chi connectivity index (χ1v) is 6.26. The molecule has 20 heavy (non-hydrogen) atoms. The highest BCUT2D eigenvalue weighted by Gasteiger charge is 2.14. The first kappa shape index (κ1) is 12.6. The van der Waals surface area contributed by atoms with Crippen LogP contribution in [0.15, 0.2) is 36.4 Å². The summed E-state index contributed by atoms with van der Waals surface area (Å²) in [5.41, 5.74) is 2.05. The molecule has 0 amide bonds. The van der Waals surface area contributed by atoms with Gasteiger partial charge < -0.3 is 9.72 Å². The first-order chi connectivity index (χ1) is 9.69. The molecule has 0 bridgehead atoms. The second-order valence-electron chi connectivity index (χ2n) is 4.31. The third-order valence-electron chi connectivity index (χ3n) is 2.96. The minimum absolute atomic E-state index is 0.108. The number of aromatic amines is 1. The van der Waals surface area contributed by atoms with Gasteiger partial charge in [0, 0.05) is 5.56 Å². The Balaban J connectivity index is 2.13. The van der Waals surface area contributed by atoms with Crippen LogP contribution >= 0.6 is 0 Å². The van der Waals surface area contributed by atoms with Crippen molar-refractivity contribution in [3.63, 3.8) is 0 Å². The number of rotatable bonds is 3. The summed E-state index contributed by atoms with van der Waals surface area (Å²) in [4.78, 5) is 7.43. The molecule has 0 atom stereocenters. The molecule has 0 unspecified atom stereocenters. The smallest absolute Gasteiger partial charge is 0.200 e. The van der Waals surface area contributed by atoms with E-state index in [2.05, 4.69) is 9.97 Å². The molecule has 102 valence electrons. The molecular weight excluding hydrogens is 262 g/mol. The van der Waals surface area contributed by atoms with Gasteiger partial charge in [-0.3, -0.25) is 0 Å². The lowest BCUT2D eigenvalue weighted by Crippen LogP contribution is -1.98. The highest BCUT2D eigenvalue weighted by molar-refractivity contribution is 5.79. The lowest BCUT2D eigenvalue weighted by atomic mass is 10.2. The van der Waals surface area contributed by atoms with Gasteiger partial charge in [-0.1, -0.05) is 12.1 Å². The average Bonchev–Trinajstić information content (AvgIpc) is 2.87. The molecule has 3 nitrogen and oxygen atoms in total. The molecule has 5 heteroatoms. The Bertz CT molecular complexity index is 735. The summed E-state index contributed by atoms with van der Waals surface area (Å²) >= 11 is 0. The highest BCUT2D eigenvalue weighted by Crippen LogP contribution is 2.28. The van der Waals surface area contributed by atoms with Gasteiger partial charge in [0.1, 0.15) is 5.82 Å². The van der Waals surface area contributed by atoms with Gasteiger partial charge >= 0.3 is 0 Å². The first-order valence-electron chi connectivity index (χ1n) is 6.26. The Kier molecular flexibility index (Phi) is 3.10. The van der Waals surface area contributed by atoms with Gasteiger partial charge in [0.05, 0.1) is 17.6 Å². The lowest BCUT2D eigenvalue weighted by Gasteiger charge is -2.07. The number of para-hydroxylation sites is 2. The molecule has 2 aromatic carbocycles. The molecule has 1 N–H and O–H groups in total. The van der Waals surface area contributed by atoms with E-state index in [0.717, 1.165) is 17.1 Å². The molecule has 0 aliphatic heterocycles. The maximum absolute atomic E-state index is 13.6. The molecule has 0 spiro atoms. The van der Waals surface area contributed by atoms with Crippen LogP contribution in [0.5, 0.6) is 5.75 Å². The van der Waals surface area contributed by atoms with Gasteiger partial charge in [-0.05, 0) is 31.2 Å². The molecule has 3 aromatic rings. The zero-order valence-electron chi connectivity index (χ0n) is 10.8. The van der Waals surface area contributed by atoms with Crippen molar-refractivity contribution in [1.29, 1.82) is 0 Å². The topological polar surface area (TPSA) is 37.9 Å². The molecule has 0 saturated heterocycles. The van der Waals surface area contributed by atoms with E-state index in [4.69, 9.17) is 4.74 Å². The van der Waals surface area contributed by atoms with Gasteiger partial charge in [-0.15, -0.1) is 0 Å². The number of H-pyrrole nitrogens is 1. The summed E-state index contributed by atoms with van der Waals surface area (Å²) in [5.74, 6) is -1.56. The third-order valence-corrected chi connectivity index (χ3v) is 2.96. The van der Waals surface area contributed by atoms with Crippen LogP contribution in [0, 0.1) is 11.6 Å². The SMILES string of the molecule is CCOc1cc(-c2nc3ccccc3[nH]2)cc(F)c1F. The van der Waals surface area contributed by atoms with Crippen molar-refractivity contribution in [3.05, 3.63) is 48.0 Å². The molecule has 1 aromatic heterocycles. The summed E-state index contributed by atoms with van der Waals surface area (Å²) < 4.78 is 32.3. The van der Waals surface area contributed by atoms with Gasteiger partial charge in [0.2, 0.25) is 5.82 Å². The number of aromatic nitrogens is 2. The fourth-order valence-corrected chi connectivity index (χ4v) is 2.05. The average molecular weight is 274 g/mol. The second kappa shape index (κ2) is 4.92. The van der Waals surface area contributed by atoms with Gasteiger partial charge in [0.15, 0.2) is 11.6 Å². The van der Waals surface area contributed by atoms with E-state index < -0.39 is 11.6 Å². The molecule has 0 aliphatic carbocycles. The number of imidazole rings is 1. The van der Waals surface area contributed by atoms with Crippen LogP contribution in [-0.4, -0.2) is 16.6 Å². The Labute approximate surface area is 114 Å². The molecule has 0 radical (unpaired) electrons. The Morgan fingerprint density at radius 1 is 1.20 bits per heavy atom. The number of hydrogen-bond acceptors (Lipinski definition) is 2. The van der Waals surface area contributed by atoms with Crippen LogP contribution in [0.2, 0.25) is 0 Å². The monoisotopic (exact) mass is 274 g/mol. The largest absolute Gasteiger partial charge is 0.491 e. The number of hydrogen-bond donors (Lipinski definition) is 1. The maximum atomic E-state index is 13.6. The molecule has 3 rings (SSSR count). The van der Waals surface area contributed by atoms with Crippen LogP contribution < -0.4 is 4.74 Å². The normalized spacial score (nSPS) is 10.9. The number of benzene rings is 2. The third kappa shape index (κ3) is 2.11. The molecule has 0 aliphatic rings. The van der Waals surface area contributed by atoms with Crippen molar-refractivity contribution < 1.29 is 13.5 Å². The van der Waals surface area contributed by atoms with E-state index in [9.17, 15) is 8.78 Å². The Morgan fingerprint density at radius 2 is 2.00 bits per heavy atom. The minimum atomic E-state index is -0.980. The summed E-state index contributed by atoms with van der Waals surface area (Å²) in [5, 5.41) is 0. The minimum Gasteiger partial charge on any atom is -0.491 e. The van der Waals surface area contributed by atoms with Gasteiger partial charge in [-0.25, -0.2) is 9.37 Å². The van der Waals surface area contributed by atoms with Gasteiger partial charge in [0.25, 0.3) is 0 Å². The van der Waals surface area contributed by atoms with E-state index in [1.165, 1.54) is 6.07 Å². The van der Waals surface area contributed by atoms with E-state index >= 15 is 0 Å². The van der Waals surface area contributed by atoms with Crippen molar-refractivity contribution in [2.75, 3.05) is 6.61 Å². The summed E-state index contributed by atoms with van der Waals surface area (Å²) in [7, 11) is 0. The number of nitrogens with zero attached hydrogens (tertiary/aromatic N) is 1. The molecular formula is C15H12F2N2O. The highest BCUT2D eigenvalue weighted by atomic mass is 19.2. The standard InChI is InChI=1S/C15H12F2N2O/c1-2-20-13-8-9(7-10(16)14(13)17)15-18-11-5-3-4-6-12(11)19-15/h3-8H,2H2,1H3,(H,18,19). The summed E-state index contributed by atoms with van der Waals surface area (Å²) in [6, 6.07) is 10.0.